The largest absolute Gasteiger partial charge is 0.321 e. The summed E-state index contributed by atoms with van der Waals surface area (Å²) in [5.74, 6) is -1.22. The molecule has 1 atom stereocenters. The van der Waals surface area contributed by atoms with E-state index in [9.17, 15) is 0 Å². The van der Waals surface area contributed by atoms with E-state index in [0.717, 1.165) is 12.8 Å². The molecule has 0 saturated carbocycles. The van der Waals surface area contributed by atoms with Gasteiger partial charge in [0.2, 0.25) is 0 Å². The van der Waals surface area contributed by atoms with Crippen LogP contribution in [0.25, 0.3) is 0 Å². The fraction of sp³-hybridized carbons (Fsp3) is 0.793. The van der Waals surface area contributed by atoms with E-state index < -0.39 is 22.8 Å². The van der Waals surface area contributed by atoms with E-state index in [1.165, 1.54) is 43.2 Å². The minimum Gasteiger partial charge on any atom is -0.321 e. The van der Waals surface area contributed by atoms with Gasteiger partial charge in [-0.15, -0.1) is 0 Å². The van der Waals surface area contributed by atoms with Gasteiger partial charge < -0.3 is 14.2 Å². The molecule has 0 radical (unpaired) electrons. The quantitative estimate of drug-likeness (QED) is 0.236. The summed E-state index contributed by atoms with van der Waals surface area (Å²) in [6.07, 6.45) is 8.48. The molecule has 3 heteroatoms. The molecule has 0 heterocycles. The highest BCUT2D eigenvalue weighted by Crippen LogP contribution is 2.45. The first kappa shape index (κ1) is 29.1. The van der Waals surface area contributed by atoms with Crippen LogP contribution in [-0.4, -0.2) is 22.8 Å². The molecule has 0 aromatic heterocycles. The van der Waals surface area contributed by atoms with Gasteiger partial charge in [-0.25, -0.2) is 0 Å². The van der Waals surface area contributed by atoms with Crippen molar-refractivity contribution in [2.75, 3.05) is 0 Å². The Morgan fingerprint density at radius 3 is 1.44 bits per heavy atom. The Morgan fingerprint density at radius 2 is 1.03 bits per heavy atom. The predicted molar refractivity (Wildman–Crippen MR) is 137 cm³/mol. The second-order valence-corrected chi connectivity index (χ2v) is 12.3. The first-order chi connectivity index (χ1) is 14.6. The number of benzene rings is 1. The molecule has 1 unspecified atom stereocenters. The molecular weight excluding hydrogens is 396 g/mol. The summed E-state index contributed by atoms with van der Waals surface area (Å²) in [4.78, 5) is 0. The first-order valence-corrected chi connectivity index (χ1v) is 12.7. The van der Waals surface area contributed by atoms with E-state index in [2.05, 4.69) is 100 Å². The van der Waals surface area contributed by atoms with Crippen LogP contribution >= 0.6 is 0 Å². The van der Waals surface area contributed by atoms with Crippen molar-refractivity contribution in [1.82, 2.24) is 0 Å². The van der Waals surface area contributed by atoms with Crippen molar-refractivity contribution in [2.24, 2.45) is 0 Å². The average molecular weight is 449 g/mol. The maximum Gasteiger partial charge on any atom is 0.291 e. The SMILES string of the molecule is CCCCCCCCC(c1ccc(C)cc1)C(OC(C)(C)C)(OC(C)(C)C)OC(C)(C)C. The molecule has 3 nitrogen and oxygen atoms in total. The summed E-state index contributed by atoms with van der Waals surface area (Å²) in [5, 5.41) is 0. The topological polar surface area (TPSA) is 27.7 Å². The third-order valence-electron chi connectivity index (χ3n) is 5.10. The van der Waals surface area contributed by atoms with Gasteiger partial charge in [-0.2, -0.15) is 0 Å². The summed E-state index contributed by atoms with van der Waals surface area (Å²) in [6.45, 7) is 23.1. The van der Waals surface area contributed by atoms with Crippen molar-refractivity contribution >= 4 is 0 Å². The van der Waals surface area contributed by atoms with Gasteiger partial charge in [-0.05, 0) is 81.2 Å². The lowest BCUT2D eigenvalue weighted by atomic mass is 9.88. The van der Waals surface area contributed by atoms with Gasteiger partial charge in [0.05, 0.1) is 22.7 Å². The Balaban J connectivity index is 3.44. The molecular formula is C29H52O3. The van der Waals surface area contributed by atoms with Crippen molar-refractivity contribution < 1.29 is 14.2 Å². The highest BCUT2D eigenvalue weighted by molar-refractivity contribution is 5.26. The molecule has 0 bridgehead atoms. The lowest BCUT2D eigenvalue weighted by Crippen LogP contribution is -2.55. The zero-order chi connectivity index (χ0) is 24.6. The van der Waals surface area contributed by atoms with Crippen LogP contribution in [-0.2, 0) is 14.2 Å². The minimum atomic E-state index is -1.19. The van der Waals surface area contributed by atoms with Crippen LogP contribution in [0.15, 0.2) is 24.3 Å². The van der Waals surface area contributed by atoms with Crippen LogP contribution < -0.4 is 0 Å². The fourth-order valence-corrected chi connectivity index (χ4v) is 4.03. The standard InChI is InChI=1S/C29H52O3/c1-12-13-14-15-16-17-18-25(24-21-19-23(2)20-22-24)29(30-26(3,4)5,31-27(6,7)8)32-28(9,10)11/h19-22,25H,12-18H2,1-11H3. The summed E-state index contributed by atoms with van der Waals surface area (Å²) in [5.41, 5.74) is 1.17. The second-order valence-electron chi connectivity index (χ2n) is 12.3. The highest BCUT2D eigenvalue weighted by atomic mass is 16.9. The van der Waals surface area contributed by atoms with Crippen LogP contribution in [0, 0.1) is 6.92 Å². The predicted octanol–water partition coefficient (Wildman–Crippen LogP) is 8.93. The van der Waals surface area contributed by atoms with E-state index in [0.29, 0.717) is 0 Å². The van der Waals surface area contributed by atoms with Crippen LogP contribution in [0.5, 0.6) is 0 Å². The number of hydrogen-bond donors (Lipinski definition) is 0. The molecule has 0 amide bonds. The Morgan fingerprint density at radius 1 is 0.625 bits per heavy atom. The Labute approximate surface area is 199 Å². The maximum atomic E-state index is 6.78. The highest BCUT2D eigenvalue weighted by Gasteiger charge is 2.51. The van der Waals surface area contributed by atoms with Gasteiger partial charge in [-0.3, -0.25) is 0 Å². The summed E-state index contributed by atoms with van der Waals surface area (Å²) < 4.78 is 20.3. The van der Waals surface area contributed by atoms with Crippen molar-refractivity contribution in [3.05, 3.63) is 35.4 Å². The monoisotopic (exact) mass is 448 g/mol. The molecule has 0 N–H and O–H groups in total. The number of hydrogen-bond acceptors (Lipinski definition) is 3. The van der Waals surface area contributed by atoms with Crippen molar-refractivity contribution in [3.8, 4) is 0 Å². The summed E-state index contributed by atoms with van der Waals surface area (Å²) in [7, 11) is 0. The molecule has 0 aliphatic carbocycles. The average Bonchev–Trinajstić information content (AvgIpc) is 2.57. The smallest absolute Gasteiger partial charge is 0.291 e. The third-order valence-corrected chi connectivity index (χ3v) is 5.10. The number of ether oxygens (including phenoxy) is 3. The number of unbranched alkanes of at least 4 members (excludes halogenated alkanes) is 5. The fourth-order valence-electron chi connectivity index (χ4n) is 4.03. The van der Waals surface area contributed by atoms with E-state index in [1.807, 2.05) is 0 Å². The molecule has 186 valence electrons. The Hall–Kier alpha value is -0.900. The van der Waals surface area contributed by atoms with E-state index in [-0.39, 0.29) is 5.92 Å². The lowest BCUT2D eigenvalue weighted by Gasteiger charge is -2.49. The van der Waals surface area contributed by atoms with Gasteiger partial charge in [0.1, 0.15) is 0 Å². The molecule has 0 spiro atoms. The number of rotatable bonds is 12. The van der Waals surface area contributed by atoms with E-state index >= 15 is 0 Å². The molecule has 0 saturated heterocycles. The van der Waals surface area contributed by atoms with Crippen LogP contribution in [0.2, 0.25) is 0 Å². The van der Waals surface area contributed by atoms with E-state index in [4.69, 9.17) is 14.2 Å². The number of aryl methyl sites for hydroxylation is 1. The normalized spacial score (nSPS) is 14.6. The van der Waals surface area contributed by atoms with Gasteiger partial charge in [0.25, 0.3) is 5.97 Å². The Kier molecular flexibility index (Phi) is 10.9. The zero-order valence-electron chi connectivity index (χ0n) is 23.1. The molecule has 0 aliphatic heterocycles. The molecule has 32 heavy (non-hydrogen) atoms. The second kappa shape index (κ2) is 12.0. The van der Waals surface area contributed by atoms with Crippen LogP contribution in [0.3, 0.4) is 0 Å². The summed E-state index contributed by atoms with van der Waals surface area (Å²) >= 11 is 0. The molecule has 1 rings (SSSR count). The van der Waals surface area contributed by atoms with Gasteiger partial charge in [0.15, 0.2) is 0 Å². The molecule has 1 aromatic carbocycles. The zero-order valence-corrected chi connectivity index (χ0v) is 23.1. The van der Waals surface area contributed by atoms with Crippen molar-refractivity contribution in [1.29, 1.82) is 0 Å². The van der Waals surface area contributed by atoms with E-state index in [1.54, 1.807) is 0 Å². The van der Waals surface area contributed by atoms with Crippen molar-refractivity contribution in [3.63, 3.8) is 0 Å². The van der Waals surface area contributed by atoms with Crippen molar-refractivity contribution in [2.45, 2.75) is 150 Å². The third kappa shape index (κ3) is 11.3. The first-order valence-electron chi connectivity index (χ1n) is 12.7. The Bertz CT molecular complexity index is 600. The van der Waals surface area contributed by atoms with Gasteiger partial charge >= 0.3 is 0 Å². The summed E-state index contributed by atoms with van der Waals surface area (Å²) in [6, 6.07) is 8.80. The maximum absolute atomic E-state index is 6.78. The van der Waals surface area contributed by atoms with Crippen LogP contribution in [0.1, 0.15) is 131 Å². The molecule has 1 aromatic rings. The minimum absolute atomic E-state index is 0.0352. The lowest BCUT2D eigenvalue weighted by molar-refractivity contribution is -0.456. The molecule has 0 fully saturated rings. The van der Waals surface area contributed by atoms with Gasteiger partial charge in [0, 0.05) is 0 Å². The molecule has 0 aliphatic rings. The van der Waals surface area contributed by atoms with Crippen LogP contribution in [0.4, 0.5) is 0 Å². The van der Waals surface area contributed by atoms with Gasteiger partial charge in [-0.1, -0.05) is 75.3 Å².